The van der Waals surface area contributed by atoms with Gasteiger partial charge < -0.3 is 14.7 Å². The van der Waals surface area contributed by atoms with Gasteiger partial charge in [0.15, 0.2) is 0 Å². The molecule has 1 aliphatic carbocycles. The van der Waals surface area contributed by atoms with Gasteiger partial charge in [0.2, 0.25) is 5.88 Å². The van der Waals surface area contributed by atoms with Crippen molar-refractivity contribution in [2.75, 3.05) is 24.6 Å². The number of hydrogen-bond donors (Lipinski definition) is 1. The lowest BCUT2D eigenvalue weighted by Gasteiger charge is -2.33. The minimum Gasteiger partial charge on any atom is -0.477 e. The normalized spacial score (nSPS) is 33.4. The predicted molar refractivity (Wildman–Crippen MR) is 65.7 cm³/mol. The number of piperidine rings is 1. The molecule has 1 N–H and O–H groups in total. The first-order valence-corrected chi connectivity index (χ1v) is 6.71. The smallest absolute Gasteiger partial charge is 0.221 e. The second kappa shape index (κ2) is 3.82. The summed E-state index contributed by atoms with van der Waals surface area (Å²) in [6, 6.07) is 0. The Labute approximate surface area is 106 Å². The van der Waals surface area contributed by atoms with E-state index in [0.29, 0.717) is 18.4 Å². The quantitative estimate of drug-likeness (QED) is 0.788. The lowest BCUT2D eigenvalue weighted by molar-refractivity contribution is 0.137. The van der Waals surface area contributed by atoms with Gasteiger partial charge in [-0.05, 0) is 18.8 Å². The molecule has 5 nitrogen and oxygen atoms in total. The van der Waals surface area contributed by atoms with Gasteiger partial charge in [-0.25, -0.2) is 9.97 Å². The molecule has 0 aromatic carbocycles. The molecule has 2 bridgehead atoms. The van der Waals surface area contributed by atoms with Crippen LogP contribution in [-0.2, 0) is 6.42 Å². The van der Waals surface area contributed by atoms with Crippen LogP contribution in [0.15, 0.2) is 6.33 Å². The van der Waals surface area contributed by atoms with Crippen LogP contribution < -0.4 is 9.64 Å². The SMILES string of the molecule is OC1CC2CC1CN(c1ncnc3c1CCO3)C2. The first kappa shape index (κ1) is 10.6. The van der Waals surface area contributed by atoms with Gasteiger partial charge in [-0.2, -0.15) is 0 Å². The number of hydrogen-bond acceptors (Lipinski definition) is 5. The van der Waals surface area contributed by atoms with Crippen molar-refractivity contribution in [2.24, 2.45) is 11.8 Å². The van der Waals surface area contributed by atoms with Crippen molar-refractivity contribution in [2.45, 2.75) is 25.4 Å². The highest BCUT2D eigenvalue weighted by Gasteiger charge is 2.40. The van der Waals surface area contributed by atoms with Crippen LogP contribution >= 0.6 is 0 Å². The summed E-state index contributed by atoms with van der Waals surface area (Å²) < 4.78 is 5.49. The van der Waals surface area contributed by atoms with Gasteiger partial charge in [0.1, 0.15) is 12.1 Å². The molecule has 0 spiro atoms. The fraction of sp³-hybridized carbons (Fsp3) is 0.692. The third kappa shape index (κ3) is 1.50. The average Bonchev–Trinajstić information content (AvgIpc) is 2.94. The molecular formula is C13H17N3O2. The van der Waals surface area contributed by atoms with E-state index < -0.39 is 0 Å². The van der Waals surface area contributed by atoms with Crippen molar-refractivity contribution in [1.82, 2.24) is 9.97 Å². The first-order chi connectivity index (χ1) is 8.81. The van der Waals surface area contributed by atoms with E-state index in [1.165, 1.54) is 6.42 Å². The van der Waals surface area contributed by atoms with Crippen molar-refractivity contribution in [3.05, 3.63) is 11.9 Å². The summed E-state index contributed by atoms with van der Waals surface area (Å²) in [5.41, 5.74) is 1.15. The topological polar surface area (TPSA) is 58.5 Å². The fourth-order valence-electron chi connectivity index (χ4n) is 3.66. The van der Waals surface area contributed by atoms with Gasteiger partial charge >= 0.3 is 0 Å². The number of anilines is 1. The Balaban J connectivity index is 1.67. The highest BCUT2D eigenvalue weighted by molar-refractivity contribution is 5.53. The molecule has 96 valence electrons. The molecule has 1 aromatic rings. The van der Waals surface area contributed by atoms with Crippen molar-refractivity contribution in [1.29, 1.82) is 0 Å². The molecule has 2 fully saturated rings. The largest absolute Gasteiger partial charge is 0.477 e. The minimum absolute atomic E-state index is 0.119. The molecule has 1 saturated heterocycles. The molecule has 18 heavy (non-hydrogen) atoms. The summed E-state index contributed by atoms with van der Waals surface area (Å²) in [6.45, 7) is 2.64. The van der Waals surface area contributed by atoms with E-state index in [0.717, 1.165) is 43.2 Å². The summed E-state index contributed by atoms with van der Waals surface area (Å²) >= 11 is 0. The summed E-state index contributed by atoms with van der Waals surface area (Å²) in [4.78, 5) is 10.9. The number of aromatic nitrogens is 2. The molecule has 5 heteroatoms. The van der Waals surface area contributed by atoms with Gasteiger partial charge in [0.25, 0.3) is 0 Å². The van der Waals surface area contributed by atoms with Crippen LogP contribution in [0.4, 0.5) is 5.82 Å². The number of ether oxygens (including phenoxy) is 1. The summed E-state index contributed by atoms with van der Waals surface area (Å²) in [6.07, 6.45) is 4.49. The Morgan fingerprint density at radius 1 is 1.28 bits per heavy atom. The molecule has 0 radical (unpaired) electrons. The molecule has 1 saturated carbocycles. The zero-order valence-electron chi connectivity index (χ0n) is 10.2. The molecule has 3 heterocycles. The predicted octanol–water partition coefficient (Wildman–Crippen LogP) is 0.619. The summed E-state index contributed by atoms with van der Waals surface area (Å²) in [5.74, 6) is 2.81. The molecule has 3 aliphatic rings. The van der Waals surface area contributed by atoms with E-state index in [4.69, 9.17) is 4.74 Å². The molecule has 4 rings (SSSR count). The van der Waals surface area contributed by atoms with Crippen molar-refractivity contribution >= 4 is 5.82 Å². The maximum Gasteiger partial charge on any atom is 0.221 e. The van der Waals surface area contributed by atoms with Gasteiger partial charge in [0.05, 0.1) is 18.3 Å². The Bertz CT molecular complexity index is 477. The lowest BCUT2D eigenvalue weighted by Crippen LogP contribution is -2.38. The van der Waals surface area contributed by atoms with Crippen LogP contribution in [0.1, 0.15) is 18.4 Å². The van der Waals surface area contributed by atoms with E-state index in [2.05, 4.69) is 14.9 Å². The lowest BCUT2D eigenvalue weighted by atomic mass is 9.98. The van der Waals surface area contributed by atoms with Crippen LogP contribution in [-0.4, -0.2) is 40.9 Å². The van der Waals surface area contributed by atoms with Gasteiger partial charge in [-0.3, -0.25) is 0 Å². The van der Waals surface area contributed by atoms with Gasteiger partial charge in [0, 0.05) is 25.4 Å². The summed E-state index contributed by atoms with van der Waals surface area (Å²) in [7, 11) is 0. The van der Waals surface area contributed by atoms with Crippen LogP contribution in [0.5, 0.6) is 5.88 Å². The van der Waals surface area contributed by atoms with Crippen LogP contribution in [0.2, 0.25) is 0 Å². The molecule has 3 atom stereocenters. The van der Waals surface area contributed by atoms with Gasteiger partial charge in [-0.15, -0.1) is 0 Å². The van der Waals surface area contributed by atoms with E-state index in [9.17, 15) is 5.11 Å². The first-order valence-electron chi connectivity index (χ1n) is 6.71. The number of fused-ring (bicyclic) bond motifs is 3. The zero-order chi connectivity index (χ0) is 12.1. The molecular weight excluding hydrogens is 230 g/mol. The van der Waals surface area contributed by atoms with E-state index in [-0.39, 0.29) is 6.10 Å². The highest BCUT2D eigenvalue weighted by Crippen LogP contribution is 2.40. The Morgan fingerprint density at radius 2 is 2.22 bits per heavy atom. The van der Waals surface area contributed by atoms with E-state index in [1.807, 2.05) is 0 Å². The molecule has 3 unspecified atom stereocenters. The average molecular weight is 247 g/mol. The number of aliphatic hydroxyl groups excluding tert-OH is 1. The monoisotopic (exact) mass is 247 g/mol. The third-order valence-electron chi connectivity index (χ3n) is 4.46. The fourth-order valence-corrected chi connectivity index (χ4v) is 3.66. The highest BCUT2D eigenvalue weighted by atomic mass is 16.5. The molecule has 1 aromatic heterocycles. The maximum absolute atomic E-state index is 9.97. The van der Waals surface area contributed by atoms with Crippen molar-refractivity contribution < 1.29 is 9.84 Å². The van der Waals surface area contributed by atoms with E-state index in [1.54, 1.807) is 6.33 Å². The summed E-state index contributed by atoms with van der Waals surface area (Å²) in [5, 5.41) is 9.97. The van der Waals surface area contributed by atoms with Crippen molar-refractivity contribution in [3.8, 4) is 5.88 Å². The third-order valence-corrected chi connectivity index (χ3v) is 4.46. The second-order valence-corrected chi connectivity index (χ2v) is 5.65. The van der Waals surface area contributed by atoms with Crippen LogP contribution in [0.25, 0.3) is 0 Å². The van der Waals surface area contributed by atoms with Crippen LogP contribution in [0, 0.1) is 11.8 Å². The Hall–Kier alpha value is -1.36. The van der Waals surface area contributed by atoms with Crippen molar-refractivity contribution in [3.63, 3.8) is 0 Å². The molecule has 2 aliphatic heterocycles. The minimum atomic E-state index is -0.119. The zero-order valence-corrected chi connectivity index (χ0v) is 10.2. The number of aliphatic hydroxyl groups is 1. The maximum atomic E-state index is 9.97. The Kier molecular flexibility index (Phi) is 2.24. The van der Waals surface area contributed by atoms with E-state index >= 15 is 0 Å². The number of nitrogens with zero attached hydrogens (tertiary/aromatic N) is 3. The number of rotatable bonds is 1. The standard InChI is InChI=1S/C13H17N3O2/c17-11-4-8-3-9(11)6-16(5-8)12-10-1-2-18-13(10)15-7-14-12/h7-9,11,17H,1-6H2. The molecule has 0 amide bonds. The van der Waals surface area contributed by atoms with Gasteiger partial charge in [-0.1, -0.05) is 0 Å². The second-order valence-electron chi connectivity index (χ2n) is 5.65. The Morgan fingerprint density at radius 3 is 3.11 bits per heavy atom. The van der Waals surface area contributed by atoms with Crippen LogP contribution in [0.3, 0.4) is 0 Å².